The molecule has 1 aromatic heterocycles. The van der Waals surface area contributed by atoms with E-state index in [1.165, 1.54) is 25.7 Å². The lowest BCUT2D eigenvalue weighted by Crippen LogP contribution is -2.21. The first-order valence-corrected chi connectivity index (χ1v) is 8.28. The second-order valence-corrected chi connectivity index (χ2v) is 6.60. The van der Waals surface area contributed by atoms with Crippen LogP contribution in [-0.2, 0) is 0 Å². The van der Waals surface area contributed by atoms with Crippen molar-refractivity contribution in [2.75, 3.05) is 0 Å². The Morgan fingerprint density at radius 1 is 1.24 bits per heavy atom. The SMILES string of the molecule is CCCC1CCC(C(=O)c2cc3cc(Cl)ccc3o2)CC1. The number of halogens is 1. The Labute approximate surface area is 130 Å². The molecule has 1 aliphatic carbocycles. The van der Waals surface area contributed by atoms with E-state index >= 15 is 0 Å². The maximum Gasteiger partial charge on any atom is 0.201 e. The van der Waals surface area contributed by atoms with Crippen molar-refractivity contribution in [2.45, 2.75) is 45.4 Å². The minimum absolute atomic E-state index is 0.133. The van der Waals surface area contributed by atoms with E-state index in [1.54, 1.807) is 6.07 Å². The molecule has 0 unspecified atom stereocenters. The van der Waals surface area contributed by atoms with Crippen molar-refractivity contribution in [2.24, 2.45) is 11.8 Å². The van der Waals surface area contributed by atoms with Gasteiger partial charge in [0.1, 0.15) is 5.58 Å². The molecule has 1 aliphatic rings. The Morgan fingerprint density at radius 3 is 2.71 bits per heavy atom. The van der Waals surface area contributed by atoms with Crippen molar-refractivity contribution >= 4 is 28.4 Å². The Hall–Kier alpha value is -1.28. The van der Waals surface area contributed by atoms with Crippen LogP contribution in [0.5, 0.6) is 0 Å². The largest absolute Gasteiger partial charge is 0.453 e. The molecule has 1 fully saturated rings. The normalized spacial score (nSPS) is 22.6. The molecule has 112 valence electrons. The van der Waals surface area contributed by atoms with Gasteiger partial charge in [0.25, 0.3) is 0 Å². The standard InChI is InChI=1S/C18H21ClO2/c1-2-3-12-4-6-13(7-5-12)18(20)17-11-14-10-15(19)8-9-16(14)21-17/h8-13H,2-7H2,1H3. The molecule has 0 atom stereocenters. The van der Waals surface area contributed by atoms with Crippen LogP contribution in [0.15, 0.2) is 28.7 Å². The van der Waals surface area contributed by atoms with E-state index in [4.69, 9.17) is 16.0 Å². The number of rotatable bonds is 4. The smallest absolute Gasteiger partial charge is 0.201 e. The first kappa shape index (κ1) is 14.6. The molecule has 2 aromatic rings. The Balaban J connectivity index is 1.72. The monoisotopic (exact) mass is 304 g/mol. The van der Waals surface area contributed by atoms with Gasteiger partial charge in [0, 0.05) is 16.3 Å². The minimum Gasteiger partial charge on any atom is -0.453 e. The van der Waals surface area contributed by atoms with E-state index in [1.807, 2.05) is 18.2 Å². The zero-order valence-electron chi connectivity index (χ0n) is 12.4. The van der Waals surface area contributed by atoms with Gasteiger partial charge in [-0.1, -0.05) is 31.4 Å². The van der Waals surface area contributed by atoms with Gasteiger partial charge in [0.05, 0.1) is 0 Å². The fourth-order valence-electron chi connectivity index (χ4n) is 3.46. The molecular weight excluding hydrogens is 284 g/mol. The fraction of sp³-hybridized carbons (Fsp3) is 0.500. The topological polar surface area (TPSA) is 30.2 Å². The van der Waals surface area contributed by atoms with Crippen LogP contribution in [0, 0.1) is 11.8 Å². The summed E-state index contributed by atoms with van der Waals surface area (Å²) in [6.45, 7) is 2.23. The van der Waals surface area contributed by atoms with Crippen LogP contribution in [0.4, 0.5) is 0 Å². The maximum atomic E-state index is 12.6. The molecule has 1 aromatic carbocycles. The molecule has 0 saturated heterocycles. The molecule has 1 heterocycles. The van der Waals surface area contributed by atoms with E-state index in [0.717, 1.165) is 29.7 Å². The van der Waals surface area contributed by atoms with Gasteiger partial charge in [-0.3, -0.25) is 4.79 Å². The summed E-state index contributed by atoms with van der Waals surface area (Å²) in [7, 11) is 0. The number of carbonyl (C=O) groups is 1. The molecule has 0 spiro atoms. The number of hydrogen-bond acceptors (Lipinski definition) is 2. The van der Waals surface area contributed by atoms with E-state index in [2.05, 4.69) is 6.92 Å². The summed E-state index contributed by atoms with van der Waals surface area (Å²) in [5, 5.41) is 1.58. The third-order valence-electron chi connectivity index (χ3n) is 4.64. The van der Waals surface area contributed by atoms with Gasteiger partial charge in [-0.05, 0) is 55.9 Å². The number of fused-ring (bicyclic) bond motifs is 1. The predicted octanol–water partition coefficient (Wildman–Crippen LogP) is 5.88. The highest BCUT2D eigenvalue weighted by molar-refractivity contribution is 6.31. The van der Waals surface area contributed by atoms with Crippen LogP contribution in [0.1, 0.15) is 56.0 Å². The third-order valence-corrected chi connectivity index (χ3v) is 4.87. The van der Waals surface area contributed by atoms with Gasteiger partial charge >= 0.3 is 0 Å². The van der Waals surface area contributed by atoms with Crippen LogP contribution in [0.2, 0.25) is 5.02 Å². The number of furan rings is 1. The molecule has 1 saturated carbocycles. The third kappa shape index (κ3) is 3.16. The lowest BCUT2D eigenvalue weighted by Gasteiger charge is -2.26. The van der Waals surface area contributed by atoms with Crippen molar-refractivity contribution in [1.82, 2.24) is 0 Å². The molecular formula is C18H21ClO2. The number of benzene rings is 1. The molecule has 0 amide bonds. The molecule has 0 radical (unpaired) electrons. The van der Waals surface area contributed by atoms with Gasteiger partial charge in [-0.2, -0.15) is 0 Å². The van der Waals surface area contributed by atoms with Crippen LogP contribution in [0.25, 0.3) is 11.0 Å². The molecule has 3 rings (SSSR count). The quantitative estimate of drug-likeness (QED) is 0.661. The van der Waals surface area contributed by atoms with Crippen LogP contribution in [-0.4, -0.2) is 5.78 Å². The van der Waals surface area contributed by atoms with Gasteiger partial charge in [0.2, 0.25) is 5.78 Å². The number of hydrogen-bond donors (Lipinski definition) is 0. The van der Waals surface area contributed by atoms with Crippen molar-refractivity contribution in [3.63, 3.8) is 0 Å². The minimum atomic E-state index is 0.133. The summed E-state index contributed by atoms with van der Waals surface area (Å²) in [5.41, 5.74) is 0.738. The van der Waals surface area contributed by atoms with Gasteiger partial charge in [0.15, 0.2) is 5.76 Å². The molecule has 21 heavy (non-hydrogen) atoms. The predicted molar refractivity (Wildman–Crippen MR) is 85.9 cm³/mol. The van der Waals surface area contributed by atoms with Crippen LogP contribution < -0.4 is 0 Å². The Kier molecular flexibility index (Phi) is 4.34. The van der Waals surface area contributed by atoms with E-state index in [-0.39, 0.29) is 11.7 Å². The first-order chi connectivity index (χ1) is 10.2. The molecule has 0 aliphatic heterocycles. The van der Waals surface area contributed by atoms with Crippen molar-refractivity contribution in [3.05, 3.63) is 35.0 Å². The summed E-state index contributed by atoms with van der Waals surface area (Å²) in [6, 6.07) is 7.29. The number of carbonyl (C=O) groups excluding carboxylic acids is 1. The van der Waals surface area contributed by atoms with Crippen molar-refractivity contribution < 1.29 is 9.21 Å². The van der Waals surface area contributed by atoms with Crippen molar-refractivity contribution in [1.29, 1.82) is 0 Å². The number of Topliss-reactive ketones (excluding diaryl/α,β-unsaturated/α-hetero) is 1. The average molecular weight is 305 g/mol. The van der Waals surface area contributed by atoms with E-state index in [9.17, 15) is 4.79 Å². The summed E-state index contributed by atoms with van der Waals surface area (Å²) < 4.78 is 5.70. The summed E-state index contributed by atoms with van der Waals surface area (Å²) >= 11 is 5.98. The van der Waals surface area contributed by atoms with Crippen molar-refractivity contribution in [3.8, 4) is 0 Å². The zero-order chi connectivity index (χ0) is 14.8. The highest BCUT2D eigenvalue weighted by atomic mass is 35.5. The van der Waals surface area contributed by atoms with Gasteiger partial charge in [-0.25, -0.2) is 0 Å². The van der Waals surface area contributed by atoms with E-state index < -0.39 is 0 Å². The lowest BCUT2D eigenvalue weighted by molar-refractivity contribution is 0.0843. The zero-order valence-corrected chi connectivity index (χ0v) is 13.2. The Morgan fingerprint density at radius 2 is 2.00 bits per heavy atom. The van der Waals surface area contributed by atoms with Crippen LogP contribution in [0.3, 0.4) is 0 Å². The second kappa shape index (κ2) is 6.23. The highest BCUT2D eigenvalue weighted by Gasteiger charge is 2.28. The lowest BCUT2D eigenvalue weighted by atomic mass is 9.78. The average Bonchev–Trinajstić information content (AvgIpc) is 2.90. The summed E-state index contributed by atoms with van der Waals surface area (Å²) in [6.07, 6.45) is 6.90. The summed E-state index contributed by atoms with van der Waals surface area (Å²) in [4.78, 5) is 12.6. The molecule has 0 bridgehead atoms. The van der Waals surface area contributed by atoms with E-state index in [0.29, 0.717) is 10.8 Å². The van der Waals surface area contributed by atoms with Gasteiger partial charge < -0.3 is 4.42 Å². The Bertz CT molecular complexity index is 636. The first-order valence-electron chi connectivity index (χ1n) is 7.90. The second-order valence-electron chi connectivity index (χ2n) is 6.16. The molecule has 3 heteroatoms. The summed E-state index contributed by atoms with van der Waals surface area (Å²) in [5.74, 6) is 1.60. The highest BCUT2D eigenvalue weighted by Crippen LogP contribution is 2.34. The molecule has 2 nitrogen and oxygen atoms in total. The maximum absolute atomic E-state index is 12.6. The van der Waals surface area contributed by atoms with Gasteiger partial charge in [-0.15, -0.1) is 0 Å². The molecule has 0 N–H and O–H groups in total. The van der Waals surface area contributed by atoms with Crippen LogP contribution >= 0.6 is 11.6 Å². The number of ketones is 1. The fourth-order valence-corrected chi connectivity index (χ4v) is 3.64.